The molecular weight excluding hydrogens is 316 g/mol. The fourth-order valence-electron chi connectivity index (χ4n) is 3.53. The number of fused-ring (bicyclic) bond motifs is 1. The summed E-state index contributed by atoms with van der Waals surface area (Å²) in [5.41, 5.74) is 1.61. The molecule has 5 nitrogen and oxygen atoms in total. The minimum atomic E-state index is -0.814. The fraction of sp³-hybridized carbons (Fsp3) is 0.150. The lowest BCUT2D eigenvalue weighted by Crippen LogP contribution is -2.64. The SMILES string of the molecule is C/C=C/N1C(=O)[C@H](N2C(=O)c3ccccc3C2=O)[C@@H]1c1ccccc1. The largest absolute Gasteiger partial charge is 0.307 e. The van der Waals surface area contributed by atoms with Crippen molar-refractivity contribution in [2.24, 2.45) is 0 Å². The van der Waals surface area contributed by atoms with Gasteiger partial charge in [0, 0.05) is 6.20 Å². The Morgan fingerprint density at radius 3 is 1.92 bits per heavy atom. The maximum Gasteiger partial charge on any atom is 0.262 e. The summed E-state index contributed by atoms with van der Waals surface area (Å²) < 4.78 is 0. The van der Waals surface area contributed by atoms with Gasteiger partial charge in [0.05, 0.1) is 17.2 Å². The molecule has 2 aromatic carbocycles. The van der Waals surface area contributed by atoms with E-state index in [0.717, 1.165) is 10.5 Å². The third-order valence-corrected chi connectivity index (χ3v) is 4.66. The predicted octanol–water partition coefficient (Wildman–Crippen LogP) is 2.77. The van der Waals surface area contributed by atoms with Gasteiger partial charge in [-0.25, -0.2) is 0 Å². The molecule has 124 valence electrons. The highest BCUT2D eigenvalue weighted by molar-refractivity contribution is 6.23. The quantitative estimate of drug-likeness (QED) is 0.641. The standard InChI is InChI=1S/C20H16N2O3/c1-2-12-21-16(13-8-4-3-5-9-13)17(20(21)25)22-18(23)14-10-6-7-11-15(14)19(22)24/h2-12,16-17H,1H3/b12-2+/t16-,17+/m0/s1. The van der Waals surface area contributed by atoms with E-state index in [-0.39, 0.29) is 11.9 Å². The van der Waals surface area contributed by atoms with Gasteiger partial charge in [-0.3, -0.25) is 19.3 Å². The lowest BCUT2D eigenvalue weighted by atomic mass is 9.87. The summed E-state index contributed by atoms with van der Waals surface area (Å²) in [4.78, 5) is 40.9. The van der Waals surface area contributed by atoms with E-state index in [1.807, 2.05) is 37.3 Å². The molecule has 2 atom stereocenters. The van der Waals surface area contributed by atoms with Gasteiger partial charge in [-0.1, -0.05) is 48.5 Å². The molecule has 2 aromatic rings. The molecule has 4 rings (SSSR count). The molecule has 0 aliphatic carbocycles. The van der Waals surface area contributed by atoms with Crippen molar-refractivity contribution in [1.29, 1.82) is 0 Å². The van der Waals surface area contributed by atoms with Crippen LogP contribution in [0.25, 0.3) is 0 Å². The van der Waals surface area contributed by atoms with Crippen LogP contribution in [-0.4, -0.2) is 33.6 Å². The van der Waals surface area contributed by atoms with Crippen LogP contribution in [0.4, 0.5) is 0 Å². The van der Waals surface area contributed by atoms with Gasteiger partial charge < -0.3 is 4.90 Å². The maximum atomic E-state index is 12.7. The van der Waals surface area contributed by atoms with Crippen LogP contribution in [0.1, 0.15) is 39.2 Å². The van der Waals surface area contributed by atoms with Gasteiger partial charge >= 0.3 is 0 Å². The molecule has 1 saturated heterocycles. The van der Waals surface area contributed by atoms with Gasteiger partial charge in [-0.2, -0.15) is 0 Å². The Bertz CT molecular complexity index is 869. The second-order valence-corrected chi connectivity index (χ2v) is 6.05. The number of allylic oxidation sites excluding steroid dienone is 1. The number of hydrogen-bond donors (Lipinski definition) is 0. The molecule has 0 aromatic heterocycles. The highest BCUT2D eigenvalue weighted by Crippen LogP contribution is 2.41. The minimum Gasteiger partial charge on any atom is -0.307 e. The van der Waals surface area contributed by atoms with Crippen molar-refractivity contribution in [3.8, 4) is 0 Å². The van der Waals surface area contributed by atoms with Crippen LogP contribution in [0.15, 0.2) is 66.9 Å². The molecule has 2 heterocycles. The summed E-state index contributed by atoms with van der Waals surface area (Å²) in [7, 11) is 0. The fourth-order valence-corrected chi connectivity index (χ4v) is 3.53. The third kappa shape index (κ3) is 2.12. The lowest BCUT2D eigenvalue weighted by molar-refractivity contribution is -0.150. The monoisotopic (exact) mass is 332 g/mol. The van der Waals surface area contributed by atoms with Crippen LogP contribution in [0.2, 0.25) is 0 Å². The maximum absolute atomic E-state index is 12.7. The van der Waals surface area contributed by atoms with E-state index in [1.54, 1.807) is 41.4 Å². The van der Waals surface area contributed by atoms with Crippen LogP contribution in [0, 0.1) is 0 Å². The van der Waals surface area contributed by atoms with Crippen molar-refractivity contribution in [3.05, 3.63) is 83.6 Å². The summed E-state index contributed by atoms with van der Waals surface area (Å²) >= 11 is 0. The Labute approximate surface area is 145 Å². The molecule has 3 amide bonds. The highest BCUT2D eigenvalue weighted by Gasteiger charge is 2.56. The Kier molecular flexibility index (Phi) is 3.50. The zero-order chi connectivity index (χ0) is 17.6. The number of β-lactam (4-membered cyclic amide) rings is 1. The number of carbonyl (C=O) groups is 3. The number of rotatable bonds is 3. The van der Waals surface area contributed by atoms with Crippen LogP contribution >= 0.6 is 0 Å². The third-order valence-electron chi connectivity index (χ3n) is 4.66. The van der Waals surface area contributed by atoms with E-state index in [9.17, 15) is 14.4 Å². The zero-order valence-electron chi connectivity index (χ0n) is 13.6. The number of carbonyl (C=O) groups excluding carboxylic acids is 3. The minimum absolute atomic E-state index is 0.249. The van der Waals surface area contributed by atoms with Crippen molar-refractivity contribution in [2.45, 2.75) is 19.0 Å². The van der Waals surface area contributed by atoms with Crippen molar-refractivity contribution in [2.75, 3.05) is 0 Å². The van der Waals surface area contributed by atoms with Crippen LogP contribution in [0.3, 0.4) is 0 Å². The molecule has 5 heteroatoms. The van der Waals surface area contributed by atoms with Gasteiger partial charge in [-0.15, -0.1) is 0 Å². The molecule has 2 aliphatic rings. The molecule has 2 aliphatic heterocycles. The highest BCUT2D eigenvalue weighted by atomic mass is 16.2. The number of likely N-dealkylation sites (tertiary alicyclic amines) is 1. The average Bonchev–Trinajstić information content (AvgIpc) is 2.89. The number of benzene rings is 2. The molecule has 1 fully saturated rings. The van der Waals surface area contributed by atoms with E-state index in [1.165, 1.54) is 0 Å². The van der Waals surface area contributed by atoms with E-state index in [0.29, 0.717) is 11.1 Å². The molecule has 25 heavy (non-hydrogen) atoms. The molecule has 0 radical (unpaired) electrons. The van der Waals surface area contributed by atoms with E-state index in [2.05, 4.69) is 0 Å². The Morgan fingerprint density at radius 1 is 0.800 bits per heavy atom. The Balaban J connectivity index is 1.76. The molecule has 0 bridgehead atoms. The summed E-state index contributed by atoms with van der Waals surface area (Å²) in [5.74, 6) is -1.05. The Hall–Kier alpha value is -3.21. The van der Waals surface area contributed by atoms with Crippen molar-refractivity contribution in [1.82, 2.24) is 9.80 Å². The van der Waals surface area contributed by atoms with E-state index >= 15 is 0 Å². The van der Waals surface area contributed by atoms with Gasteiger partial charge in [0.1, 0.15) is 6.04 Å². The first-order valence-electron chi connectivity index (χ1n) is 8.12. The van der Waals surface area contributed by atoms with Gasteiger partial charge in [-0.05, 0) is 24.6 Å². The van der Waals surface area contributed by atoms with E-state index < -0.39 is 17.9 Å². The van der Waals surface area contributed by atoms with Crippen LogP contribution in [0.5, 0.6) is 0 Å². The first-order chi connectivity index (χ1) is 12.1. The van der Waals surface area contributed by atoms with Crippen molar-refractivity contribution in [3.63, 3.8) is 0 Å². The number of hydrogen-bond acceptors (Lipinski definition) is 3. The summed E-state index contributed by atoms with van der Waals surface area (Å²) in [6.07, 6.45) is 3.46. The topological polar surface area (TPSA) is 57.7 Å². The smallest absolute Gasteiger partial charge is 0.262 e. The van der Waals surface area contributed by atoms with Crippen molar-refractivity contribution >= 4 is 17.7 Å². The predicted molar refractivity (Wildman–Crippen MR) is 91.6 cm³/mol. The van der Waals surface area contributed by atoms with Gasteiger partial charge in [0.2, 0.25) is 0 Å². The molecule has 0 spiro atoms. The molecule has 0 unspecified atom stereocenters. The average molecular weight is 332 g/mol. The summed E-state index contributed by atoms with van der Waals surface area (Å²) in [5, 5.41) is 0. The first kappa shape index (κ1) is 15.3. The van der Waals surface area contributed by atoms with E-state index in [4.69, 9.17) is 0 Å². The first-order valence-corrected chi connectivity index (χ1v) is 8.12. The summed E-state index contributed by atoms with van der Waals surface area (Å²) in [6, 6.07) is 15.0. The zero-order valence-corrected chi connectivity index (χ0v) is 13.6. The number of imide groups is 1. The molecule has 0 N–H and O–H groups in total. The van der Waals surface area contributed by atoms with Crippen LogP contribution in [-0.2, 0) is 4.79 Å². The lowest BCUT2D eigenvalue weighted by Gasteiger charge is -2.48. The second kappa shape index (κ2) is 5.70. The molecule has 0 saturated carbocycles. The molecular formula is C20H16N2O3. The normalized spacial score (nSPS) is 22.5. The summed E-state index contributed by atoms with van der Waals surface area (Å²) in [6.45, 7) is 1.82. The number of nitrogens with zero attached hydrogens (tertiary/aromatic N) is 2. The van der Waals surface area contributed by atoms with Gasteiger partial charge in [0.15, 0.2) is 0 Å². The Morgan fingerprint density at radius 2 is 1.36 bits per heavy atom. The van der Waals surface area contributed by atoms with Gasteiger partial charge in [0.25, 0.3) is 17.7 Å². The second-order valence-electron chi connectivity index (χ2n) is 6.05. The number of amides is 3. The van der Waals surface area contributed by atoms with Crippen molar-refractivity contribution < 1.29 is 14.4 Å². The van der Waals surface area contributed by atoms with Crippen LogP contribution < -0.4 is 0 Å².